The smallest absolute Gasteiger partial charge is 0.134 e. The minimum atomic E-state index is 0. The fourth-order valence-corrected chi connectivity index (χ4v) is 18.3. The highest BCUT2D eigenvalue weighted by molar-refractivity contribution is 9.11. The van der Waals surface area contributed by atoms with Crippen LogP contribution in [-0.4, -0.2) is 40.9 Å². The summed E-state index contributed by atoms with van der Waals surface area (Å²) in [5, 5.41) is 107. The number of aryl methyl sites for hydroxylation is 23. The number of hydrogen-bond acceptors (Lipinski definition) is 16. The molecule has 0 heterocycles. The molecule has 0 bridgehead atoms. The molecule has 0 saturated heterocycles. The predicted molar refractivity (Wildman–Crippen MR) is 631 cm³/mol. The summed E-state index contributed by atoms with van der Waals surface area (Å²) in [4.78, 5) is 0. The van der Waals surface area contributed by atoms with Gasteiger partial charge >= 0.3 is 0 Å². The van der Waals surface area contributed by atoms with Crippen molar-refractivity contribution in [3.63, 3.8) is 0 Å². The normalized spacial score (nSPS) is 10.4. The van der Waals surface area contributed by atoms with E-state index in [2.05, 4.69) is 245 Å². The lowest BCUT2D eigenvalue weighted by molar-refractivity contribution is 0.464. The van der Waals surface area contributed by atoms with Crippen LogP contribution in [0.15, 0.2) is 288 Å². The van der Waals surface area contributed by atoms with E-state index in [1.165, 1.54) is 77.9 Å². The number of aromatic hydroxyl groups is 8. The van der Waals surface area contributed by atoms with E-state index in [4.69, 9.17) is 11.6 Å². The largest absolute Gasteiger partial charge is 0.507 e. The first-order valence-corrected chi connectivity index (χ1v) is 51.1. The maximum Gasteiger partial charge on any atom is 0.134 e. The van der Waals surface area contributed by atoms with Crippen LogP contribution in [0.4, 0.5) is 45.5 Å². The maximum absolute atomic E-state index is 10.1. The van der Waals surface area contributed by atoms with E-state index < -0.39 is 0 Å². The number of nitrogens with one attached hydrogen (secondary N) is 8. The van der Waals surface area contributed by atoms with E-state index in [0.717, 1.165) is 145 Å². The molecule has 0 aromatic heterocycles. The molecule has 0 unspecified atom stereocenters. The topological polar surface area (TPSA) is 258 Å². The first kappa shape index (κ1) is 118. The van der Waals surface area contributed by atoms with Crippen LogP contribution in [-0.2, 0) is 52.4 Å². The Morgan fingerprint density at radius 2 is 0.415 bits per heavy atom. The Hall–Kier alpha value is -14.4. The van der Waals surface area contributed by atoms with Crippen LogP contribution in [0.3, 0.4) is 0 Å². The number of phenols is 8. The zero-order valence-corrected chi connectivity index (χ0v) is 92.9. The van der Waals surface area contributed by atoms with Gasteiger partial charge in [-0.3, -0.25) is 0 Å². The van der Waals surface area contributed by atoms with Gasteiger partial charge in [-0.1, -0.05) is 278 Å². The molecule has 0 atom stereocenters. The van der Waals surface area contributed by atoms with Gasteiger partial charge in [-0.05, 0) is 339 Å². The fraction of sp³-hybridized carbons (Fsp3) is 0.250. The van der Waals surface area contributed by atoms with Gasteiger partial charge in [0.15, 0.2) is 0 Å². The molecule has 16 nitrogen and oxygen atoms in total. The summed E-state index contributed by atoms with van der Waals surface area (Å²) in [5.41, 5.74) is 41.4. The minimum absolute atomic E-state index is 0. The van der Waals surface area contributed by atoms with E-state index in [-0.39, 0.29) is 13.2 Å². The zero-order valence-electron chi connectivity index (χ0n) is 88.9. The van der Waals surface area contributed by atoms with Gasteiger partial charge < -0.3 is 83.4 Å². The first-order chi connectivity index (χ1) is 69.3. The summed E-state index contributed by atoms with van der Waals surface area (Å²) in [6, 6.07) is 93.3. The third kappa shape index (κ3) is 38.2. The summed E-state index contributed by atoms with van der Waals surface area (Å²) in [7, 11) is 0. The molecule has 0 aliphatic carbocycles. The quantitative estimate of drug-likeness (QED) is 0.0268. The van der Waals surface area contributed by atoms with Crippen LogP contribution in [0.1, 0.15) is 180 Å². The molecular formula is C128H151Br2ClN8O8. The van der Waals surface area contributed by atoms with Crippen molar-refractivity contribution in [1.82, 2.24) is 0 Å². The van der Waals surface area contributed by atoms with Gasteiger partial charge in [-0.15, -0.1) is 0 Å². The van der Waals surface area contributed by atoms with E-state index in [1.54, 1.807) is 0 Å². The Morgan fingerprint density at radius 1 is 0.184 bits per heavy atom. The van der Waals surface area contributed by atoms with Gasteiger partial charge in [0.2, 0.25) is 0 Å². The third-order valence-electron chi connectivity index (χ3n) is 24.4. The average molecular weight is 2120 g/mol. The first-order valence-electron chi connectivity index (χ1n) is 49.2. The number of rotatable bonds is 24. The van der Waals surface area contributed by atoms with E-state index in [9.17, 15) is 40.9 Å². The lowest BCUT2D eigenvalue weighted by Crippen LogP contribution is -2.02. The summed E-state index contributed by atoms with van der Waals surface area (Å²) >= 11 is 12.9. The molecule has 147 heavy (non-hydrogen) atoms. The summed E-state index contributed by atoms with van der Waals surface area (Å²) in [5.74, 6) is 2.96. The Morgan fingerprint density at radius 3 is 0.694 bits per heavy atom. The van der Waals surface area contributed by atoms with Crippen LogP contribution in [0.25, 0.3) is 0 Å². The van der Waals surface area contributed by atoms with Crippen LogP contribution in [0, 0.1) is 159 Å². The van der Waals surface area contributed by atoms with E-state index in [1.807, 2.05) is 268 Å². The molecule has 0 spiro atoms. The van der Waals surface area contributed by atoms with Crippen molar-refractivity contribution < 1.29 is 40.9 Å². The van der Waals surface area contributed by atoms with Crippen molar-refractivity contribution in [3.8, 4) is 46.0 Å². The number of benzene rings is 16. The van der Waals surface area contributed by atoms with Crippen LogP contribution in [0.5, 0.6) is 46.0 Å². The monoisotopic (exact) mass is 2120 g/mol. The third-order valence-corrected chi connectivity index (χ3v) is 25.8. The lowest BCUT2D eigenvalue weighted by Gasteiger charge is -2.13. The molecule has 16 aromatic rings. The highest BCUT2D eigenvalue weighted by atomic mass is 79.9. The molecule has 0 aliphatic heterocycles. The van der Waals surface area contributed by atoms with Gasteiger partial charge in [0, 0.05) is 141 Å². The zero-order chi connectivity index (χ0) is 107. The molecule has 0 radical (unpaired) electrons. The maximum atomic E-state index is 10.1. The second kappa shape index (κ2) is 57.5. The SMILES string of the molecule is C.Cc1cc(C)c(O)c(CNc2ccccc2C)c1.Cc1ccc(NCc2cc(Br)cc(Br)c2O)cc1.Cc1ccc(NCc2cc(C)cc(C)c2O)c(C)c1.Cc1ccc(NCc2cc(C)cc(C)c2O)c(Cl)c1.Cc1ccc(NCc2cc(C)cc(C)c2O)cc1.Cc1ccc(NCc2cc(C)cc(C)c2O)cc1.Cc1cccc(NCc2cc(C)cc(C)c2O)c1.Cc1cccc(NCc2cc(C)cc(C)c2O)c1. The Labute approximate surface area is 896 Å². The van der Waals surface area contributed by atoms with Gasteiger partial charge in [0.25, 0.3) is 0 Å². The molecule has 16 aromatic carbocycles. The average Bonchev–Trinajstić information content (AvgIpc) is 1.81. The fourth-order valence-electron chi connectivity index (χ4n) is 16.7. The van der Waals surface area contributed by atoms with Gasteiger partial charge in [-0.25, -0.2) is 0 Å². The van der Waals surface area contributed by atoms with Crippen molar-refractivity contribution in [2.45, 2.75) is 219 Å². The van der Waals surface area contributed by atoms with Crippen molar-refractivity contribution in [2.24, 2.45) is 0 Å². The van der Waals surface area contributed by atoms with Crippen LogP contribution >= 0.6 is 43.5 Å². The van der Waals surface area contributed by atoms with Gasteiger partial charge in [-0.2, -0.15) is 0 Å². The molecule has 0 amide bonds. The van der Waals surface area contributed by atoms with Crippen molar-refractivity contribution in [2.75, 3.05) is 42.5 Å². The molecular weight excluding hydrogens is 1970 g/mol. The highest BCUT2D eigenvalue weighted by Crippen LogP contribution is 2.37. The van der Waals surface area contributed by atoms with Crippen molar-refractivity contribution in [1.29, 1.82) is 0 Å². The van der Waals surface area contributed by atoms with Crippen LogP contribution in [0.2, 0.25) is 5.02 Å². The Balaban J connectivity index is 0.000000205. The van der Waals surface area contributed by atoms with Gasteiger partial charge in [0.05, 0.1) is 15.2 Å². The second-order valence-electron chi connectivity index (χ2n) is 38.3. The van der Waals surface area contributed by atoms with Gasteiger partial charge in [0.1, 0.15) is 46.0 Å². The molecule has 16 rings (SSSR count). The lowest BCUT2D eigenvalue weighted by atomic mass is 10.1. The molecule has 772 valence electrons. The second-order valence-corrected chi connectivity index (χ2v) is 40.5. The number of para-hydroxylation sites is 1. The van der Waals surface area contributed by atoms with Crippen molar-refractivity contribution in [3.05, 3.63) is 465 Å². The summed E-state index contributed by atoms with van der Waals surface area (Å²) < 4.78 is 1.63. The standard InChI is InChI=1S/C17H21NO.C16H18ClNO.5C16H19NO.C14H13Br2NO.CH4/c1-11-5-6-16(13(3)7-11)18-10-15-9-12(2)8-14(4)17(15)19;1-10-4-5-15(14(17)8-10)18-9-13-7-11(2)6-12(3)16(13)19;2*1-11-4-6-15(7-5-11)17-10-14-9-12(2)8-13(3)16(14)18;2*1-11-5-4-6-15(9-11)17-10-14-8-12(2)7-13(3)16(14)18;1-11-8-13(3)16(18)14(9-11)10-17-15-7-5-4-6-12(15)2;1-9-2-4-12(5-3-9)17-8-10-6-11(15)7-13(16)14(10)18;/h5-9,18-19H,10H2,1-4H3;4-8,18-19H,9H2,1-3H3;5*4-9,17-18H,10H2,1-3H3;2-7,17-18H,8H2,1H3;1H4. The molecule has 0 fully saturated rings. The number of hydrogen-bond donors (Lipinski definition) is 16. The highest BCUT2D eigenvalue weighted by Gasteiger charge is 2.16. The Bertz CT molecular complexity index is 6590. The minimum Gasteiger partial charge on any atom is -0.507 e. The molecule has 16 N–H and O–H groups in total. The molecule has 0 saturated carbocycles. The Kier molecular flexibility index (Phi) is 46.1. The predicted octanol–water partition coefficient (Wildman–Crippen LogP) is 33.9. The van der Waals surface area contributed by atoms with Crippen LogP contribution < -0.4 is 42.5 Å². The number of halogens is 3. The molecule has 19 heteroatoms. The van der Waals surface area contributed by atoms with E-state index >= 15 is 0 Å². The summed E-state index contributed by atoms with van der Waals surface area (Å²) in [6.07, 6.45) is 0. The molecule has 0 aliphatic rings. The number of phenolic OH excluding ortho intramolecular Hbond substituents is 8. The number of anilines is 8. The van der Waals surface area contributed by atoms with Crippen molar-refractivity contribution >= 4 is 89.0 Å². The summed E-state index contributed by atoms with van der Waals surface area (Å²) in [6.45, 7) is 51.3. The van der Waals surface area contributed by atoms with E-state index in [0.29, 0.717) is 102 Å².